The fourth-order valence-corrected chi connectivity index (χ4v) is 2.90. The first-order chi connectivity index (χ1) is 16.5. The molecule has 1 rings (SSSR count). The maximum atomic E-state index is 12.2. The smallest absolute Gasteiger partial charge is 0.342 e. The van der Waals surface area contributed by atoms with Crippen LogP contribution in [0.2, 0.25) is 0 Å². The van der Waals surface area contributed by atoms with Gasteiger partial charge in [0, 0.05) is 19.2 Å². The number of nitrogens with zero attached hydrogens (tertiary/aromatic N) is 4. The minimum Gasteiger partial charge on any atom is -0.481 e. The van der Waals surface area contributed by atoms with Gasteiger partial charge in [0.1, 0.15) is 12.6 Å². The van der Waals surface area contributed by atoms with Gasteiger partial charge in [-0.2, -0.15) is 5.06 Å². The van der Waals surface area contributed by atoms with Gasteiger partial charge in [0.25, 0.3) is 0 Å². The summed E-state index contributed by atoms with van der Waals surface area (Å²) >= 11 is 0. The van der Waals surface area contributed by atoms with Crippen molar-refractivity contribution in [2.45, 2.75) is 63.6 Å². The van der Waals surface area contributed by atoms with Gasteiger partial charge in [-0.3, -0.25) is 19.2 Å². The number of hydrogen-bond donors (Lipinski definition) is 6. The number of carbonyl (C=O) groups excluding carboxylic acids is 2. The Labute approximate surface area is 198 Å². The summed E-state index contributed by atoms with van der Waals surface area (Å²) in [6.07, 6.45) is 1.50. The van der Waals surface area contributed by atoms with Crippen LogP contribution in [0.4, 0.5) is 9.18 Å². The zero-order valence-corrected chi connectivity index (χ0v) is 18.8. The molecule has 2 atom stereocenters. The van der Waals surface area contributed by atoms with Crippen LogP contribution in [0.5, 0.6) is 0 Å². The largest absolute Gasteiger partial charge is 0.481 e. The third-order valence-corrected chi connectivity index (χ3v) is 4.72. The summed E-state index contributed by atoms with van der Waals surface area (Å²) in [7, 11) is 0. The Balaban J connectivity index is 2.44. The molecule has 0 aliphatic heterocycles. The molecule has 0 aliphatic carbocycles. The Kier molecular flexibility index (Phi) is 12.6. The van der Waals surface area contributed by atoms with Crippen LogP contribution in [0, 0.1) is 0 Å². The molecule has 3 amide bonds. The normalized spacial score (nSPS) is 12.4. The molecule has 196 valence electrons. The van der Waals surface area contributed by atoms with E-state index in [1.54, 1.807) is 0 Å². The summed E-state index contributed by atoms with van der Waals surface area (Å²) in [5, 5.41) is 48.8. The van der Waals surface area contributed by atoms with Crippen molar-refractivity contribution in [1.29, 1.82) is 0 Å². The highest BCUT2D eigenvalue weighted by molar-refractivity contribution is 5.85. The molecule has 0 saturated carbocycles. The molecule has 6 N–H and O–H groups in total. The molecule has 16 heteroatoms. The SMILES string of the molecule is O=C(O)CC[C@H](NC(=O)N(O)[C@@H](CCCCNC(=O)Cn1cc(CCCF)nn1)C(=O)O)C(=O)O. The molecular formula is C19H29FN6O9. The predicted octanol–water partition coefficient (Wildman–Crippen LogP) is -0.361. The lowest BCUT2D eigenvalue weighted by Crippen LogP contribution is -2.52. The van der Waals surface area contributed by atoms with Crippen molar-refractivity contribution < 1.29 is 48.9 Å². The highest BCUT2D eigenvalue weighted by Crippen LogP contribution is 2.09. The van der Waals surface area contributed by atoms with Gasteiger partial charge in [0.15, 0.2) is 6.04 Å². The summed E-state index contributed by atoms with van der Waals surface area (Å²) in [4.78, 5) is 57.2. The van der Waals surface area contributed by atoms with Gasteiger partial charge in [0.2, 0.25) is 5.91 Å². The Bertz CT molecular complexity index is 881. The molecule has 15 nitrogen and oxygen atoms in total. The Morgan fingerprint density at radius 3 is 2.37 bits per heavy atom. The first-order valence-corrected chi connectivity index (χ1v) is 10.7. The quantitative estimate of drug-likeness (QED) is 0.0912. The number of carbonyl (C=O) groups is 5. The van der Waals surface area contributed by atoms with E-state index < -0.39 is 55.5 Å². The van der Waals surface area contributed by atoms with Gasteiger partial charge in [-0.1, -0.05) is 5.21 Å². The van der Waals surface area contributed by atoms with Crippen molar-refractivity contribution in [2.24, 2.45) is 0 Å². The van der Waals surface area contributed by atoms with Crippen LogP contribution in [0.1, 0.15) is 44.2 Å². The lowest BCUT2D eigenvalue weighted by Gasteiger charge is -2.24. The molecule has 0 bridgehead atoms. The fourth-order valence-electron chi connectivity index (χ4n) is 2.90. The molecule has 0 unspecified atom stereocenters. The van der Waals surface area contributed by atoms with Crippen LogP contribution >= 0.6 is 0 Å². The Morgan fingerprint density at radius 1 is 1.06 bits per heavy atom. The van der Waals surface area contributed by atoms with E-state index in [0.717, 1.165) is 0 Å². The average Bonchev–Trinajstić information content (AvgIpc) is 3.23. The molecule has 0 spiro atoms. The molecule has 35 heavy (non-hydrogen) atoms. The highest BCUT2D eigenvalue weighted by atomic mass is 19.1. The third-order valence-electron chi connectivity index (χ3n) is 4.72. The van der Waals surface area contributed by atoms with Gasteiger partial charge in [-0.05, 0) is 38.5 Å². The molecule has 0 fully saturated rings. The molecule has 0 aliphatic rings. The summed E-state index contributed by atoms with van der Waals surface area (Å²) in [5.41, 5.74) is 0.560. The molecular weight excluding hydrogens is 475 g/mol. The number of carboxylic acids is 3. The number of hydrogen-bond acceptors (Lipinski definition) is 8. The first-order valence-electron chi connectivity index (χ1n) is 10.7. The molecule has 1 aromatic rings. The lowest BCUT2D eigenvalue weighted by atomic mass is 10.1. The lowest BCUT2D eigenvalue weighted by molar-refractivity contribution is -0.157. The number of aryl methyl sites for hydroxylation is 1. The standard InChI is InChI=1S/C19H29FN6O9/c20-8-3-4-12-10-25(24-23-12)11-15(27)21-9-2-1-5-14(18(32)33)26(35)19(34)22-13(17(30)31)6-7-16(28)29/h10,13-14,35H,1-9,11H2,(H,21,27)(H,22,34)(H,28,29)(H,30,31)(H,32,33)/t13-,14-/m0/s1. The van der Waals surface area contributed by atoms with Crippen molar-refractivity contribution >= 4 is 29.8 Å². The number of amides is 3. The first kappa shape index (κ1) is 29.2. The van der Waals surface area contributed by atoms with Crippen LogP contribution in [0.3, 0.4) is 0 Å². The Morgan fingerprint density at radius 2 is 1.77 bits per heavy atom. The van der Waals surface area contributed by atoms with E-state index in [9.17, 15) is 38.7 Å². The number of carboxylic acid groups (broad SMARTS) is 3. The van der Waals surface area contributed by atoms with Gasteiger partial charge < -0.3 is 26.0 Å². The molecule has 0 radical (unpaired) electrons. The van der Waals surface area contributed by atoms with E-state index in [0.29, 0.717) is 25.0 Å². The van der Waals surface area contributed by atoms with Gasteiger partial charge in [-0.25, -0.2) is 19.1 Å². The van der Waals surface area contributed by atoms with Crippen molar-refractivity contribution in [2.75, 3.05) is 13.2 Å². The van der Waals surface area contributed by atoms with Crippen molar-refractivity contribution in [1.82, 2.24) is 30.7 Å². The van der Waals surface area contributed by atoms with Crippen LogP contribution in [0.15, 0.2) is 6.20 Å². The molecule has 1 heterocycles. The summed E-state index contributed by atoms with van der Waals surface area (Å²) < 4.78 is 13.5. The van der Waals surface area contributed by atoms with E-state index >= 15 is 0 Å². The Hall–Kier alpha value is -3.82. The number of aliphatic carboxylic acids is 3. The van der Waals surface area contributed by atoms with Gasteiger partial charge in [0.05, 0.1) is 12.4 Å². The number of nitrogens with one attached hydrogen (secondary N) is 2. The molecule has 0 saturated heterocycles. The fraction of sp³-hybridized carbons (Fsp3) is 0.632. The number of urea groups is 1. The van der Waals surface area contributed by atoms with Crippen LogP contribution in [-0.2, 0) is 32.1 Å². The van der Waals surface area contributed by atoms with Crippen molar-refractivity contribution in [3.63, 3.8) is 0 Å². The van der Waals surface area contributed by atoms with Crippen molar-refractivity contribution in [3.8, 4) is 0 Å². The van der Waals surface area contributed by atoms with E-state index in [4.69, 9.17) is 10.2 Å². The maximum absolute atomic E-state index is 12.2. The number of alkyl halides is 1. The minimum absolute atomic E-state index is 0.114. The van der Waals surface area contributed by atoms with E-state index in [1.165, 1.54) is 10.9 Å². The van der Waals surface area contributed by atoms with Crippen molar-refractivity contribution in [3.05, 3.63) is 11.9 Å². The summed E-state index contributed by atoms with van der Waals surface area (Å²) in [5.74, 6) is -4.76. The van der Waals surface area contributed by atoms with E-state index in [1.807, 2.05) is 5.32 Å². The number of hydroxylamine groups is 2. The van der Waals surface area contributed by atoms with Crippen LogP contribution in [0.25, 0.3) is 0 Å². The monoisotopic (exact) mass is 504 g/mol. The zero-order valence-electron chi connectivity index (χ0n) is 18.8. The van der Waals surface area contributed by atoms with Crippen LogP contribution < -0.4 is 10.6 Å². The average molecular weight is 504 g/mol. The number of halogens is 1. The number of unbranched alkanes of at least 4 members (excludes halogenated alkanes) is 1. The second-order valence-electron chi connectivity index (χ2n) is 7.52. The summed E-state index contributed by atoms with van der Waals surface area (Å²) in [6.45, 7) is -0.426. The summed E-state index contributed by atoms with van der Waals surface area (Å²) in [6, 6.07) is -4.73. The maximum Gasteiger partial charge on any atom is 0.342 e. The second kappa shape index (κ2) is 15.2. The van der Waals surface area contributed by atoms with Crippen LogP contribution in [-0.4, -0.2) is 95.7 Å². The topological polar surface area (TPSA) is 224 Å². The zero-order chi connectivity index (χ0) is 26.4. The highest BCUT2D eigenvalue weighted by Gasteiger charge is 2.31. The molecule has 0 aromatic carbocycles. The van der Waals surface area contributed by atoms with Gasteiger partial charge in [-0.15, -0.1) is 5.10 Å². The van der Waals surface area contributed by atoms with Gasteiger partial charge >= 0.3 is 23.9 Å². The van der Waals surface area contributed by atoms with E-state index in [-0.39, 0.29) is 36.9 Å². The number of aromatic nitrogens is 3. The molecule has 1 aromatic heterocycles. The van der Waals surface area contributed by atoms with E-state index in [2.05, 4.69) is 15.6 Å². The minimum atomic E-state index is -1.70. The second-order valence-corrected chi connectivity index (χ2v) is 7.52. The third kappa shape index (κ3) is 11.2. The number of rotatable bonds is 17. The predicted molar refractivity (Wildman–Crippen MR) is 113 cm³/mol.